The van der Waals surface area contributed by atoms with Gasteiger partial charge in [-0.15, -0.1) is 0 Å². The van der Waals surface area contributed by atoms with E-state index in [-0.39, 0.29) is 24.5 Å². The summed E-state index contributed by atoms with van der Waals surface area (Å²) in [4.78, 5) is 13.0. The van der Waals surface area contributed by atoms with E-state index in [1.807, 2.05) is 36.4 Å². The molecule has 4 rings (SSSR count). The van der Waals surface area contributed by atoms with E-state index in [2.05, 4.69) is 9.82 Å². The highest BCUT2D eigenvalue weighted by atomic mass is 32.2. The number of nitrogens with zero attached hydrogens (tertiary/aromatic N) is 2. The van der Waals surface area contributed by atoms with Crippen molar-refractivity contribution in [2.24, 2.45) is 0 Å². The minimum absolute atomic E-state index is 0.218. The Morgan fingerprint density at radius 2 is 1.57 bits per heavy atom. The van der Waals surface area contributed by atoms with Crippen LogP contribution >= 0.6 is 0 Å². The molecule has 0 fully saturated rings. The van der Waals surface area contributed by atoms with Gasteiger partial charge in [0, 0.05) is 17.5 Å². The fourth-order valence-electron chi connectivity index (χ4n) is 3.24. The van der Waals surface area contributed by atoms with Crippen LogP contribution in [0.5, 0.6) is 0 Å². The molecular formula is C22H18FN3O3S. The maximum atomic E-state index is 13.2. The zero-order valence-electron chi connectivity index (χ0n) is 15.8. The largest absolute Gasteiger partial charge is 0.294 e. The van der Waals surface area contributed by atoms with Crippen LogP contribution < -0.4 is 10.3 Å². The molecule has 0 radical (unpaired) electrons. The second-order valence-corrected chi connectivity index (χ2v) is 7.54. The highest BCUT2D eigenvalue weighted by molar-refractivity contribution is 7.77. The van der Waals surface area contributed by atoms with Gasteiger partial charge in [-0.2, -0.15) is 5.10 Å². The van der Waals surface area contributed by atoms with E-state index in [0.717, 1.165) is 22.1 Å². The Hall–Kier alpha value is -3.20. The number of nitrogens with one attached hydrogen (secondary N) is 1. The number of halogens is 1. The second kappa shape index (κ2) is 8.66. The summed E-state index contributed by atoms with van der Waals surface area (Å²) in [5.41, 5.74) is 2.85. The number of hydrogen-bond donors (Lipinski definition) is 2. The van der Waals surface area contributed by atoms with Gasteiger partial charge in [0.2, 0.25) is 11.3 Å². The van der Waals surface area contributed by atoms with E-state index in [1.165, 1.54) is 16.8 Å². The van der Waals surface area contributed by atoms with Gasteiger partial charge in [-0.05, 0) is 29.3 Å². The van der Waals surface area contributed by atoms with E-state index >= 15 is 0 Å². The summed E-state index contributed by atoms with van der Waals surface area (Å²) in [6.07, 6.45) is 0. The molecule has 0 amide bonds. The number of rotatable bonds is 6. The molecule has 0 aliphatic heterocycles. The van der Waals surface area contributed by atoms with Gasteiger partial charge in [0.25, 0.3) is 5.56 Å². The first kappa shape index (κ1) is 20.1. The van der Waals surface area contributed by atoms with E-state index in [0.29, 0.717) is 11.1 Å². The molecule has 1 heterocycles. The third kappa shape index (κ3) is 4.35. The molecule has 6 nitrogen and oxygen atoms in total. The van der Waals surface area contributed by atoms with Gasteiger partial charge in [0.05, 0.1) is 17.6 Å². The van der Waals surface area contributed by atoms with Crippen LogP contribution in [0.25, 0.3) is 22.0 Å². The molecule has 1 atom stereocenters. The quantitative estimate of drug-likeness (QED) is 0.465. The summed E-state index contributed by atoms with van der Waals surface area (Å²) in [6, 6.07) is 20.6. The molecule has 2 N–H and O–H groups in total. The zero-order valence-corrected chi connectivity index (χ0v) is 16.6. The van der Waals surface area contributed by atoms with E-state index in [9.17, 15) is 13.4 Å². The molecule has 1 aromatic heterocycles. The average molecular weight is 423 g/mol. The van der Waals surface area contributed by atoms with Crippen LogP contribution in [0.3, 0.4) is 0 Å². The monoisotopic (exact) mass is 423 g/mol. The van der Waals surface area contributed by atoms with Crippen LogP contribution in [0, 0.1) is 5.82 Å². The normalized spacial score (nSPS) is 12.2. The lowest BCUT2D eigenvalue weighted by Gasteiger charge is -2.12. The van der Waals surface area contributed by atoms with Gasteiger partial charge in [-0.25, -0.2) is 18.0 Å². The summed E-state index contributed by atoms with van der Waals surface area (Å²) in [5.74, 6) is -0.335. The van der Waals surface area contributed by atoms with Crippen LogP contribution in [-0.4, -0.2) is 18.5 Å². The molecule has 0 aliphatic rings. The number of fused-ring (bicyclic) bond motifs is 1. The molecule has 0 aliphatic carbocycles. The van der Waals surface area contributed by atoms with Crippen molar-refractivity contribution >= 4 is 22.0 Å². The fourth-order valence-corrected chi connectivity index (χ4v) is 3.53. The Balaban J connectivity index is 1.77. The van der Waals surface area contributed by atoms with Crippen molar-refractivity contribution < 1.29 is 13.2 Å². The first-order valence-electron chi connectivity index (χ1n) is 9.19. The summed E-state index contributed by atoms with van der Waals surface area (Å²) < 4.78 is 36.7. The van der Waals surface area contributed by atoms with Crippen molar-refractivity contribution in [1.29, 1.82) is 0 Å². The molecule has 0 saturated carbocycles. The molecule has 0 saturated heterocycles. The zero-order chi connectivity index (χ0) is 21.1. The third-order valence-electron chi connectivity index (χ3n) is 4.74. The summed E-state index contributed by atoms with van der Waals surface area (Å²) in [6.45, 7) is 0.475. The summed E-state index contributed by atoms with van der Waals surface area (Å²) in [7, 11) is 0. The first-order chi connectivity index (χ1) is 14.5. The summed E-state index contributed by atoms with van der Waals surface area (Å²) >= 11 is -2.08. The number of aromatic nitrogens is 2. The highest BCUT2D eigenvalue weighted by Crippen LogP contribution is 2.25. The van der Waals surface area contributed by atoms with Crippen molar-refractivity contribution in [3.63, 3.8) is 0 Å². The van der Waals surface area contributed by atoms with Crippen LogP contribution in [0.15, 0.2) is 77.6 Å². The van der Waals surface area contributed by atoms with Crippen LogP contribution in [0.2, 0.25) is 0 Å². The highest BCUT2D eigenvalue weighted by Gasteiger charge is 2.12. The fraction of sp³-hybridized carbons (Fsp3) is 0.0909. The lowest BCUT2D eigenvalue weighted by molar-refractivity contribution is 0.548. The number of hydrogen-bond acceptors (Lipinski definition) is 3. The Morgan fingerprint density at radius 3 is 2.23 bits per heavy atom. The van der Waals surface area contributed by atoms with Gasteiger partial charge in [0.15, 0.2) is 0 Å². The van der Waals surface area contributed by atoms with Crippen LogP contribution in [0.4, 0.5) is 4.39 Å². The van der Waals surface area contributed by atoms with Gasteiger partial charge >= 0.3 is 0 Å². The van der Waals surface area contributed by atoms with Gasteiger partial charge < -0.3 is 0 Å². The Bertz CT molecular complexity index is 1270. The molecular weight excluding hydrogens is 405 g/mol. The minimum Gasteiger partial charge on any atom is -0.294 e. The van der Waals surface area contributed by atoms with E-state index in [1.54, 1.807) is 24.3 Å². The lowest BCUT2D eigenvalue weighted by Crippen LogP contribution is -2.24. The Labute approximate surface area is 174 Å². The Morgan fingerprint density at radius 1 is 0.933 bits per heavy atom. The lowest BCUT2D eigenvalue weighted by atomic mass is 10.0. The minimum atomic E-state index is -2.08. The molecule has 4 aromatic rings. The van der Waals surface area contributed by atoms with Crippen LogP contribution in [-0.2, 0) is 24.4 Å². The van der Waals surface area contributed by atoms with Crippen molar-refractivity contribution in [2.45, 2.75) is 13.1 Å². The molecule has 30 heavy (non-hydrogen) atoms. The van der Waals surface area contributed by atoms with Crippen molar-refractivity contribution in [2.75, 3.05) is 0 Å². The van der Waals surface area contributed by atoms with Crippen molar-refractivity contribution in [1.82, 2.24) is 14.5 Å². The maximum Gasteiger partial charge on any atom is 0.274 e. The molecule has 1 unspecified atom stereocenters. The van der Waals surface area contributed by atoms with Gasteiger partial charge in [-0.3, -0.25) is 9.35 Å². The molecule has 3 aromatic carbocycles. The predicted octanol–water partition coefficient (Wildman–Crippen LogP) is 3.48. The molecule has 0 bridgehead atoms. The van der Waals surface area contributed by atoms with Gasteiger partial charge in [0.1, 0.15) is 5.82 Å². The van der Waals surface area contributed by atoms with E-state index in [4.69, 9.17) is 4.55 Å². The van der Waals surface area contributed by atoms with Crippen molar-refractivity contribution in [3.8, 4) is 11.3 Å². The van der Waals surface area contributed by atoms with Crippen molar-refractivity contribution in [3.05, 3.63) is 100 Å². The topological polar surface area (TPSA) is 84.2 Å². The van der Waals surface area contributed by atoms with Crippen LogP contribution in [0.1, 0.15) is 11.1 Å². The smallest absolute Gasteiger partial charge is 0.274 e. The SMILES string of the molecule is O=c1c2ccccc2c(-c2ccc(CNS(=O)O)cc2)nn1Cc1ccc(F)cc1. The predicted molar refractivity (Wildman–Crippen MR) is 115 cm³/mol. The van der Waals surface area contributed by atoms with E-state index < -0.39 is 11.3 Å². The summed E-state index contributed by atoms with van der Waals surface area (Å²) in [5, 5.41) is 5.88. The second-order valence-electron chi connectivity index (χ2n) is 6.75. The average Bonchev–Trinajstić information content (AvgIpc) is 2.76. The Kier molecular flexibility index (Phi) is 5.80. The molecule has 8 heteroatoms. The third-order valence-corrected chi connectivity index (χ3v) is 5.13. The molecule has 0 spiro atoms. The standard InChI is InChI=1S/C22H18FN3O3S/c23-18-11-7-16(8-12-18)14-26-22(27)20-4-2-1-3-19(20)21(25-26)17-9-5-15(6-10-17)13-24-30(28)29/h1-12,24H,13-14H2,(H,28,29). The number of benzene rings is 3. The molecule has 152 valence electrons. The first-order valence-corrected chi connectivity index (χ1v) is 10.3. The maximum absolute atomic E-state index is 13.2. The van der Waals surface area contributed by atoms with Gasteiger partial charge in [-0.1, -0.05) is 54.6 Å².